The van der Waals surface area contributed by atoms with Crippen molar-refractivity contribution in [3.8, 4) is 16.9 Å². The fourth-order valence-electron chi connectivity index (χ4n) is 3.27. The van der Waals surface area contributed by atoms with Crippen molar-refractivity contribution in [2.75, 3.05) is 7.11 Å². The van der Waals surface area contributed by atoms with Crippen LogP contribution in [0.25, 0.3) is 22.2 Å². The van der Waals surface area contributed by atoms with E-state index < -0.39 is 0 Å². The summed E-state index contributed by atoms with van der Waals surface area (Å²) in [6.45, 7) is 2.52. The summed E-state index contributed by atoms with van der Waals surface area (Å²) in [6.07, 6.45) is 0. The summed E-state index contributed by atoms with van der Waals surface area (Å²) in [4.78, 5) is 15.4. The molecule has 4 aromatic rings. The number of aromatic amines is 1. The number of hydrogen-bond acceptors (Lipinski definition) is 2. The Kier molecular flexibility index (Phi) is 4.28. The molecule has 0 aliphatic carbocycles. The van der Waals surface area contributed by atoms with Gasteiger partial charge in [0.1, 0.15) is 11.6 Å². The lowest BCUT2D eigenvalue weighted by molar-refractivity contribution is 0.415. The number of aryl methyl sites for hydroxylation is 1. The molecule has 0 atom stereocenters. The molecule has 0 saturated carbocycles. The fraction of sp³-hybridized carbons (Fsp3) is 0.136. The normalized spacial score (nSPS) is 11.1. The number of aromatic nitrogens is 2. The quantitative estimate of drug-likeness (QED) is 0.581. The number of methoxy groups -OCH3 is 1. The molecule has 0 aliphatic heterocycles. The minimum atomic E-state index is -0.337. The van der Waals surface area contributed by atoms with Crippen LogP contribution in [-0.4, -0.2) is 16.7 Å². The van der Waals surface area contributed by atoms with E-state index in [1.165, 1.54) is 17.7 Å². The van der Waals surface area contributed by atoms with Gasteiger partial charge in [0.25, 0.3) is 0 Å². The molecule has 4 nitrogen and oxygen atoms in total. The van der Waals surface area contributed by atoms with Gasteiger partial charge in [0.2, 0.25) is 0 Å². The number of halogens is 1. The third-order valence-corrected chi connectivity index (χ3v) is 4.71. The van der Waals surface area contributed by atoms with E-state index >= 15 is 0 Å². The molecule has 0 unspecified atom stereocenters. The maximum atomic E-state index is 13.7. The van der Waals surface area contributed by atoms with E-state index in [1.807, 2.05) is 49.4 Å². The first-order valence-electron chi connectivity index (χ1n) is 8.67. The smallest absolute Gasteiger partial charge is 0.326 e. The van der Waals surface area contributed by atoms with Crippen LogP contribution in [0.2, 0.25) is 0 Å². The molecular formula is C22H19FN2O2. The summed E-state index contributed by atoms with van der Waals surface area (Å²) in [5.41, 5.74) is 5.00. The SMILES string of the molecule is COc1ccc(F)cc1-c1ccc2c(c1)[nH]c(=O)n2Cc1ccc(C)cc1. The van der Waals surface area contributed by atoms with E-state index in [-0.39, 0.29) is 11.5 Å². The van der Waals surface area contributed by atoms with Crippen LogP contribution < -0.4 is 10.4 Å². The maximum Gasteiger partial charge on any atom is 0.326 e. The molecule has 0 radical (unpaired) electrons. The first kappa shape index (κ1) is 17.1. The van der Waals surface area contributed by atoms with Crippen LogP contribution in [0, 0.1) is 12.7 Å². The molecule has 0 fully saturated rings. The zero-order chi connectivity index (χ0) is 19.0. The van der Waals surface area contributed by atoms with Gasteiger partial charge in [-0.05, 0) is 48.4 Å². The van der Waals surface area contributed by atoms with Gasteiger partial charge in [-0.1, -0.05) is 35.9 Å². The standard InChI is InChI=1S/C22H19FN2O2/c1-14-3-5-15(6-4-14)13-25-20-9-7-16(11-19(20)24-22(25)26)18-12-17(23)8-10-21(18)27-2/h3-12H,13H2,1-2H3,(H,24,26). The van der Waals surface area contributed by atoms with Crippen molar-refractivity contribution in [3.63, 3.8) is 0 Å². The van der Waals surface area contributed by atoms with Crippen molar-refractivity contribution < 1.29 is 9.13 Å². The van der Waals surface area contributed by atoms with E-state index in [0.717, 1.165) is 16.6 Å². The van der Waals surface area contributed by atoms with Crippen LogP contribution in [-0.2, 0) is 6.54 Å². The first-order chi connectivity index (χ1) is 13.0. The van der Waals surface area contributed by atoms with Crippen LogP contribution in [0.1, 0.15) is 11.1 Å². The van der Waals surface area contributed by atoms with Crippen molar-refractivity contribution in [1.29, 1.82) is 0 Å². The molecule has 27 heavy (non-hydrogen) atoms. The highest BCUT2D eigenvalue weighted by molar-refractivity contribution is 5.83. The Balaban J connectivity index is 1.78. The molecular weight excluding hydrogens is 343 g/mol. The van der Waals surface area contributed by atoms with Crippen LogP contribution >= 0.6 is 0 Å². The summed E-state index contributed by atoms with van der Waals surface area (Å²) in [7, 11) is 1.55. The Bertz CT molecular complexity index is 1170. The van der Waals surface area contributed by atoms with Gasteiger partial charge >= 0.3 is 5.69 Å². The number of H-pyrrole nitrogens is 1. The Hall–Kier alpha value is -3.34. The van der Waals surface area contributed by atoms with Gasteiger partial charge in [-0.25, -0.2) is 9.18 Å². The van der Waals surface area contributed by atoms with Crippen LogP contribution in [0.15, 0.2) is 65.5 Å². The summed E-state index contributed by atoms with van der Waals surface area (Å²) < 4.78 is 20.7. The number of fused-ring (bicyclic) bond motifs is 1. The number of imidazole rings is 1. The molecule has 5 heteroatoms. The largest absolute Gasteiger partial charge is 0.496 e. The van der Waals surface area contributed by atoms with Gasteiger partial charge in [-0.2, -0.15) is 0 Å². The Morgan fingerprint density at radius 1 is 1.04 bits per heavy atom. The molecule has 0 aliphatic rings. The highest BCUT2D eigenvalue weighted by Gasteiger charge is 2.12. The molecule has 4 rings (SSSR count). The first-order valence-corrected chi connectivity index (χ1v) is 8.67. The molecule has 3 aromatic carbocycles. The summed E-state index contributed by atoms with van der Waals surface area (Å²) >= 11 is 0. The summed E-state index contributed by atoms with van der Waals surface area (Å²) in [6, 6.07) is 18.1. The van der Waals surface area contributed by atoms with Gasteiger partial charge < -0.3 is 9.72 Å². The molecule has 1 N–H and O–H groups in total. The minimum absolute atomic E-state index is 0.172. The Labute approximate surface area is 155 Å². The van der Waals surface area contributed by atoms with Gasteiger partial charge in [0, 0.05) is 5.56 Å². The van der Waals surface area contributed by atoms with Gasteiger partial charge in [0.15, 0.2) is 0 Å². The number of nitrogens with zero attached hydrogens (tertiary/aromatic N) is 1. The molecule has 1 aromatic heterocycles. The zero-order valence-electron chi connectivity index (χ0n) is 15.1. The average Bonchev–Trinajstić information content (AvgIpc) is 2.98. The predicted octanol–water partition coefficient (Wildman–Crippen LogP) is 4.50. The molecule has 1 heterocycles. The van der Waals surface area contributed by atoms with Crippen molar-refractivity contribution in [2.24, 2.45) is 0 Å². The van der Waals surface area contributed by atoms with Crippen LogP contribution in [0.4, 0.5) is 4.39 Å². The van der Waals surface area contributed by atoms with E-state index in [0.29, 0.717) is 23.4 Å². The molecule has 0 spiro atoms. The van der Waals surface area contributed by atoms with Gasteiger partial charge in [-0.3, -0.25) is 4.57 Å². The zero-order valence-corrected chi connectivity index (χ0v) is 15.1. The average molecular weight is 362 g/mol. The molecule has 0 amide bonds. The Morgan fingerprint density at radius 3 is 2.56 bits per heavy atom. The van der Waals surface area contributed by atoms with Crippen molar-refractivity contribution in [2.45, 2.75) is 13.5 Å². The second kappa shape index (κ2) is 6.76. The van der Waals surface area contributed by atoms with Gasteiger partial charge in [0.05, 0.1) is 24.7 Å². The number of hydrogen-bond donors (Lipinski definition) is 1. The lowest BCUT2D eigenvalue weighted by Gasteiger charge is -2.09. The predicted molar refractivity (Wildman–Crippen MR) is 105 cm³/mol. The highest BCUT2D eigenvalue weighted by Crippen LogP contribution is 2.32. The molecule has 0 saturated heterocycles. The van der Waals surface area contributed by atoms with Crippen LogP contribution in [0.5, 0.6) is 5.75 Å². The van der Waals surface area contributed by atoms with Crippen LogP contribution in [0.3, 0.4) is 0 Å². The number of ether oxygens (including phenoxy) is 1. The minimum Gasteiger partial charge on any atom is -0.496 e. The monoisotopic (exact) mass is 362 g/mol. The molecule has 0 bridgehead atoms. The number of nitrogens with one attached hydrogen (secondary N) is 1. The lowest BCUT2D eigenvalue weighted by Crippen LogP contribution is -2.17. The number of benzene rings is 3. The third-order valence-electron chi connectivity index (χ3n) is 4.71. The molecule has 136 valence electrons. The second-order valence-electron chi connectivity index (χ2n) is 6.58. The van der Waals surface area contributed by atoms with Gasteiger partial charge in [-0.15, -0.1) is 0 Å². The summed E-state index contributed by atoms with van der Waals surface area (Å²) in [5.74, 6) is 0.244. The summed E-state index contributed by atoms with van der Waals surface area (Å²) in [5, 5.41) is 0. The van der Waals surface area contributed by atoms with E-state index in [1.54, 1.807) is 17.7 Å². The lowest BCUT2D eigenvalue weighted by atomic mass is 10.0. The maximum absolute atomic E-state index is 13.7. The van der Waals surface area contributed by atoms with Crippen molar-refractivity contribution in [1.82, 2.24) is 9.55 Å². The van der Waals surface area contributed by atoms with E-state index in [9.17, 15) is 9.18 Å². The van der Waals surface area contributed by atoms with E-state index in [2.05, 4.69) is 4.98 Å². The van der Waals surface area contributed by atoms with Crippen molar-refractivity contribution in [3.05, 3.63) is 88.1 Å². The topological polar surface area (TPSA) is 47.0 Å². The highest BCUT2D eigenvalue weighted by atomic mass is 19.1. The van der Waals surface area contributed by atoms with E-state index in [4.69, 9.17) is 4.74 Å². The van der Waals surface area contributed by atoms with Crippen molar-refractivity contribution >= 4 is 11.0 Å². The number of rotatable bonds is 4. The fourth-order valence-corrected chi connectivity index (χ4v) is 3.27. The third kappa shape index (κ3) is 3.24. The Morgan fingerprint density at radius 2 is 1.81 bits per heavy atom. The second-order valence-corrected chi connectivity index (χ2v) is 6.58.